The van der Waals surface area contributed by atoms with Gasteiger partial charge in [0, 0.05) is 0 Å². The van der Waals surface area contributed by atoms with Crippen LogP contribution in [0.25, 0.3) is 0 Å². The van der Waals surface area contributed by atoms with E-state index in [2.05, 4.69) is 48.6 Å². The zero-order valence-corrected chi connectivity index (χ0v) is 14.3. The summed E-state index contributed by atoms with van der Waals surface area (Å²) in [6.07, 6.45) is 35.2. The van der Waals surface area contributed by atoms with Gasteiger partial charge in [0.05, 0.1) is 0 Å². The van der Waals surface area contributed by atoms with E-state index < -0.39 is 0 Å². The molecule has 2 rings (SSSR count). The molecule has 0 aromatic rings. The predicted molar refractivity (Wildman–Crippen MR) is 98.9 cm³/mol. The van der Waals surface area contributed by atoms with Crippen molar-refractivity contribution in [2.75, 3.05) is 0 Å². The van der Waals surface area contributed by atoms with Gasteiger partial charge in [0.1, 0.15) is 0 Å². The second-order valence-electron chi connectivity index (χ2n) is 6.98. The van der Waals surface area contributed by atoms with Crippen molar-refractivity contribution in [3.8, 4) is 0 Å². The number of rotatable bonds is 13. The molecule has 0 atom stereocenters. The standard InChI is InChI=1S/C22H34/c1(3-5-7-9-15-21-17-11-12-18-21)2-4-6-8-10-16-22-19-13-14-20-22/h11-14,17-22H,1-10,15-16H2. The van der Waals surface area contributed by atoms with E-state index in [1.165, 1.54) is 77.0 Å². The molecule has 0 bridgehead atoms. The third kappa shape index (κ3) is 7.82. The summed E-state index contributed by atoms with van der Waals surface area (Å²) in [6.45, 7) is 0. The Hall–Kier alpha value is -1.04. The summed E-state index contributed by atoms with van der Waals surface area (Å²) in [5, 5.41) is 0. The maximum absolute atomic E-state index is 2.33. The molecule has 0 saturated heterocycles. The normalized spacial score (nSPS) is 17.3. The summed E-state index contributed by atoms with van der Waals surface area (Å²) in [4.78, 5) is 0. The minimum absolute atomic E-state index is 0.746. The van der Waals surface area contributed by atoms with E-state index in [4.69, 9.17) is 0 Å². The van der Waals surface area contributed by atoms with Crippen molar-refractivity contribution in [1.82, 2.24) is 0 Å². The van der Waals surface area contributed by atoms with Gasteiger partial charge in [-0.2, -0.15) is 0 Å². The Labute approximate surface area is 138 Å². The molecule has 2 aliphatic rings. The molecule has 0 aromatic carbocycles. The van der Waals surface area contributed by atoms with Crippen molar-refractivity contribution in [1.29, 1.82) is 0 Å². The van der Waals surface area contributed by atoms with Crippen LogP contribution in [0.15, 0.2) is 48.6 Å². The molecule has 0 unspecified atom stereocenters. The van der Waals surface area contributed by atoms with Gasteiger partial charge in [-0.1, -0.05) is 113 Å². The van der Waals surface area contributed by atoms with Gasteiger partial charge in [0.15, 0.2) is 0 Å². The van der Waals surface area contributed by atoms with E-state index in [-0.39, 0.29) is 0 Å². The van der Waals surface area contributed by atoms with E-state index >= 15 is 0 Å². The topological polar surface area (TPSA) is 0 Å². The van der Waals surface area contributed by atoms with Gasteiger partial charge in [-0.3, -0.25) is 0 Å². The van der Waals surface area contributed by atoms with Crippen LogP contribution in [-0.4, -0.2) is 0 Å². The number of hydrogen-bond acceptors (Lipinski definition) is 0. The average Bonchev–Trinajstić information content (AvgIpc) is 3.21. The highest BCUT2D eigenvalue weighted by molar-refractivity contribution is 5.17. The van der Waals surface area contributed by atoms with E-state index in [9.17, 15) is 0 Å². The Morgan fingerprint density at radius 3 is 0.955 bits per heavy atom. The number of allylic oxidation sites excluding steroid dienone is 8. The van der Waals surface area contributed by atoms with E-state index in [1.54, 1.807) is 0 Å². The van der Waals surface area contributed by atoms with E-state index in [1.807, 2.05) is 0 Å². The van der Waals surface area contributed by atoms with Crippen LogP contribution in [0.3, 0.4) is 0 Å². The van der Waals surface area contributed by atoms with Gasteiger partial charge in [0.2, 0.25) is 0 Å². The largest absolute Gasteiger partial charge is 0.0776 e. The van der Waals surface area contributed by atoms with Crippen LogP contribution in [0.2, 0.25) is 0 Å². The van der Waals surface area contributed by atoms with Crippen LogP contribution in [0.4, 0.5) is 0 Å². The first-order valence-electron chi connectivity index (χ1n) is 9.65. The third-order valence-electron chi connectivity index (χ3n) is 4.98. The molecule has 122 valence electrons. The Bertz CT molecular complexity index is 321. The second kappa shape index (κ2) is 11.5. The maximum Gasteiger partial charge on any atom is -0.00473 e. The van der Waals surface area contributed by atoms with E-state index in [0.717, 1.165) is 11.8 Å². The second-order valence-corrected chi connectivity index (χ2v) is 6.98. The van der Waals surface area contributed by atoms with Gasteiger partial charge in [0.25, 0.3) is 0 Å². The van der Waals surface area contributed by atoms with Crippen LogP contribution < -0.4 is 0 Å². The number of unbranched alkanes of at least 4 members (excludes halogenated alkanes) is 9. The smallest absolute Gasteiger partial charge is 0.00473 e. The zero-order valence-electron chi connectivity index (χ0n) is 14.3. The minimum atomic E-state index is 0.746. The molecule has 0 N–H and O–H groups in total. The fraction of sp³-hybridized carbons (Fsp3) is 0.636. The molecule has 0 fully saturated rings. The lowest BCUT2D eigenvalue weighted by molar-refractivity contribution is 0.526. The summed E-state index contributed by atoms with van der Waals surface area (Å²) in [5.41, 5.74) is 0. The molecule has 0 spiro atoms. The maximum atomic E-state index is 2.33. The highest BCUT2D eigenvalue weighted by Crippen LogP contribution is 2.19. The van der Waals surface area contributed by atoms with Gasteiger partial charge in [-0.05, 0) is 24.7 Å². The van der Waals surface area contributed by atoms with Gasteiger partial charge < -0.3 is 0 Å². The van der Waals surface area contributed by atoms with Crippen molar-refractivity contribution in [2.45, 2.75) is 77.0 Å². The lowest BCUT2D eigenvalue weighted by Crippen LogP contribution is -1.90. The van der Waals surface area contributed by atoms with Crippen molar-refractivity contribution in [2.24, 2.45) is 11.8 Å². The SMILES string of the molecule is C1=CC(CCCCCCCCCCCCC2C=CC=C2)C=C1. The first-order chi connectivity index (χ1) is 10.9. The third-order valence-corrected chi connectivity index (χ3v) is 4.98. The van der Waals surface area contributed by atoms with Crippen LogP contribution >= 0.6 is 0 Å². The average molecular weight is 299 g/mol. The van der Waals surface area contributed by atoms with Crippen LogP contribution in [0.5, 0.6) is 0 Å². The zero-order chi connectivity index (χ0) is 15.3. The van der Waals surface area contributed by atoms with Crippen LogP contribution in [-0.2, 0) is 0 Å². The highest BCUT2D eigenvalue weighted by Gasteiger charge is 2.03. The highest BCUT2D eigenvalue weighted by atomic mass is 14.1. The molecule has 0 amide bonds. The Balaban J connectivity index is 1.26. The molecular formula is C22H34. The Kier molecular flexibility index (Phi) is 9.07. The summed E-state index contributed by atoms with van der Waals surface area (Å²) in [6, 6.07) is 0. The Morgan fingerprint density at radius 1 is 0.364 bits per heavy atom. The quantitative estimate of drug-likeness (QED) is 0.317. The van der Waals surface area contributed by atoms with Crippen LogP contribution in [0.1, 0.15) is 77.0 Å². The molecule has 0 saturated carbocycles. The summed E-state index contributed by atoms with van der Waals surface area (Å²) < 4.78 is 0. The lowest BCUT2D eigenvalue weighted by Gasteiger charge is -2.06. The van der Waals surface area contributed by atoms with Gasteiger partial charge in [-0.15, -0.1) is 0 Å². The molecule has 0 aromatic heterocycles. The fourth-order valence-corrected chi connectivity index (χ4v) is 3.51. The summed E-state index contributed by atoms with van der Waals surface area (Å²) >= 11 is 0. The first kappa shape index (κ1) is 17.3. The molecular weight excluding hydrogens is 264 g/mol. The number of hydrogen-bond donors (Lipinski definition) is 0. The van der Waals surface area contributed by atoms with Gasteiger partial charge >= 0.3 is 0 Å². The van der Waals surface area contributed by atoms with E-state index in [0.29, 0.717) is 0 Å². The molecule has 0 heterocycles. The first-order valence-corrected chi connectivity index (χ1v) is 9.65. The fourth-order valence-electron chi connectivity index (χ4n) is 3.51. The lowest BCUT2D eigenvalue weighted by atomic mass is 10.00. The Morgan fingerprint density at radius 2 is 0.636 bits per heavy atom. The van der Waals surface area contributed by atoms with Gasteiger partial charge in [-0.25, -0.2) is 0 Å². The molecule has 0 aliphatic heterocycles. The molecule has 22 heavy (non-hydrogen) atoms. The predicted octanol–water partition coefficient (Wildman–Crippen LogP) is 7.15. The monoisotopic (exact) mass is 298 g/mol. The summed E-state index contributed by atoms with van der Waals surface area (Å²) in [7, 11) is 0. The molecule has 0 radical (unpaired) electrons. The molecule has 2 aliphatic carbocycles. The summed E-state index contributed by atoms with van der Waals surface area (Å²) in [5.74, 6) is 1.49. The van der Waals surface area contributed by atoms with Crippen LogP contribution in [0, 0.1) is 11.8 Å². The minimum Gasteiger partial charge on any atom is -0.0776 e. The van der Waals surface area contributed by atoms with Crippen molar-refractivity contribution < 1.29 is 0 Å². The van der Waals surface area contributed by atoms with Crippen molar-refractivity contribution in [3.63, 3.8) is 0 Å². The molecule has 0 nitrogen and oxygen atoms in total. The van der Waals surface area contributed by atoms with Crippen molar-refractivity contribution >= 4 is 0 Å². The molecule has 0 heteroatoms. The van der Waals surface area contributed by atoms with Crippen molar-refractivity contribution in [3.05, 3.63) is 48.6 Å².